The van der Waals surface area contributed by atoms with E-state index in [-0.39, 0.29) is 16.4 Å². The topological polar surface area (TPSA) is 56.1 Å². The smallest absolute Gasteiger partial charge is 0.268 e. The summed E-state index contributed by atoms with van der Waals surface area (Å²) in [7, 11) is -3.95. The second kappa shape index (κ2) is 7.60. The van der Waals surface area contributed by atoms with Crippen LogP contribution >= 0.6 is 45.2 Å². The zero-order valence-electron chi connectivity index (χ0n) is 14.3. The molecule has 0 bridgehead atoms. The Morgan fingerprint density at radius 2 is 1.39 bits per heavy atom. The van der Waals surface area contributed by atoms with Gasteiger partial charge in [-0.25, -0.2) is 12.4 Å². The molecule has 4 nitrogen and oxygen atoms in total. The summed E-state index contributed by atoms with van der Waals surface area (Å²) in [5, 5.41) is 0.733. The molecule has 0 aliphatic rings. The summed E-state index contributed by atoms with van der Waals surface area (Å²) in [5.41, 5.74) is 1.13. The average Bonchev–Trinajstić information content (AvgIpc) is 3.02. The molecule has 3 aromatic carbocycles. The molecule has 28 heavy (non-hydrogen) atoms. The van der Waals surface area contributed by atoms with Crippen molar-refractivity contribution in [3.63, 3.8) is 0 Å². The van der Waals surface area contributed by atoms with Gasteiger partial charge in [-0.3, -0.25) is 4.79 Å². The van der Waals surface area contributed by atoms with Crippen LogP contribution < -0.4 is 0 Å². The van der Waals surface area contributed by atoms with Gasteiger partial charge in [0.25, 0.3) is 10.0 Å². The number of nitrogens with zero attached hydrogens (tertiary/aromatic N) is 1. The van der Waals surface area contributed by atoms with Crippen LogP contribution in [0.2, 0.25) is 0 Å². The molecule has 0 N–H and O–H groups in total. The Labute approximate surface area is 189 Å². The van der Waals surface area contributed by atoms with E-state index in [2.05, 4.69) is 45.2 Å². The minimum atomic E-state index is -3.95. The van der Waals surface area contributed by atoms with Crippen LogP contribution in [0.3, 0.4) is 0 Å². The number of aromatic nitrogens is 1. The fourth-order valence-electron chi connectivity index (χ4n) is 3.09. The van der Waals surface area contributed by atoms with Crippen LogP contribution in [0.15, 0.2) is 83.8 Å². The first-order valence-electron chi connectivity index (χ1n) is 8.31. The van der Waals surface area contributed by atoms with Gasteiger partial charge >= 0.3 is 0 Å². The summed E-state index contributed by atoms with van der Waals surface area (Å²) in [6, 6.07) is 22.5. The predicted octanol–water partition coefficient (Wildman–Crippen LogP) is 5.32. The average molecular weight is 613 g/mol. The van der Waals surface area contributed by atoms with Crippen LogP contribution in [0, 0.1) is 7.14 Å². The lowest BCUT2D eigenvalue weighted by molar-refractivity contribution is 0.103. The predicted molar refractivity (Wildman–Crippen MR) is 126 cm³/mol. The molecule has 140 valence electrons. The minimum Gasteiger partial charge on any atom is -0.287 e. The molecule has 0 saturated carbocycles. The van der Waals surface area contributed by atoms with Crippen molar-refractivity contribution in [1.82, 2.24) is 3.97 Å². The van der Waals surface area contributed by atoms with Crippen molar-refractivity contribution in [2.24, 2.45) is 0 Å². The molecule has 0 fully saturated rings. The number of carbonyl (C=O) groups excluding carboxylic acids is 1. The SMILES string of the molecule is O=C(c1ccccc1I)c1c(I)c2ccccc2n1S(=O)(=O)c1ccccc1. The molecule has 0 saturated heterocycles. The van der Waals surface area contributed by atoms with E-state index in [1.54, 1.807) is 42.5 Å². The molecule has 1 heterocycles. The van der Waals surface area contributed by atoms with Gasteiger partial charge in [-0.15, -0.1) is 0 Å². The molecule has 0 amide bonds. The molecule has 0 radical (unpaired) electrons. The zero-order chi connectivity index (χ0) is 19.9. The van der Waals surface area contributed by atoms with E-state index < -0.39 is 10.0 Å². The van der Waals surface area contributed by atoms with Crippen LogP contribution in [0.5, 0.6) is 0 Å². The molecule has 1 aromatic heterocycles. The Hall–Kier alpha value is -1.72. The summed E-state index contributed by atoms with van der Waals surface area (Å²) in [6.07, 6.45) is 0. The Bertz CT molecular complexity index is 1310. The van der Waals surface area contributed by atoms with Crippen LogP contribution in [0.1, 0.15) is 16.1 Å². The van der Waals surface area contributed by atoms with E-state index in [1.807, 2.05) is 24.3 Å². The van der Waals surface area contributed by atoms with Crippen molar-refractivity contribution in [1.29, 1.82) is 0 Å². The van der Waals surface area contributed by atoms with E-state index in [0.717, 1.165) is 8.96 Å². The van der Waals surface area contributed by atoms with Crippen molar-refractivity contribution in [2.75, 3.05) is 0 Å². The third-order valence-corrected chi connectivity index (χ3v) is 8.15. The van der Waals surface area contributed by atoms with Crippen molar-refractivity contribution >= 4 is 71.9 Å². The Morgan fingerprint density at radius 1 is 0.786 bits per heavy atom. The van der Waals surface area contributed by atoms with Crippen molar-refractivity contribution in [2.45, 2.75) is 4.90 Å². The Kier molecular flexibility index (Phi) is 5.32. The maximum absolute atomic E-state index is 13.5. The third-order valence-electron chi connectivity index (χ3n) is 4.39. The van der Waals surface area contributed by atoms with Gasteiger partial charge in [0, 0.05) is 14.5 Å². The Morgan fingerprint density at radius 3 is 2.11 bits per heavy atom. The largest absolute Gasteiger partial charge is 0.287 e. The lowest BCUT2D eigenvalue weighted by Crippen LogP contribution is -2.20. The zero-order valence-corrected chi connectivity index (χ0v) is 19.5. The number of benzene rings is 3. The lowest BCUT2D eigenvalue weighted by atomic mass is 10.1. The van der Waals surface area contributed by atoms with Crippen molar-refractivity contribution in [3.05, 3.63) is 97.3 Å². The second-order valence-electron chi connectivity index (χ2n) is 6.07. The van der Waals surface area contributed by atoms with Crippen molar-refractivity contribution in [3.8, 4) is 0 Å². The number of para-hydroxylation sites is 1. The summed E-state index contributed by atoms with van der Waals surface area (Å²) in [6.45, 7) is 0. The van der Waals surface area contributed by atoms with Crippen molar-refractivity contribution < 1.29 is 13.2 Å². The number of rotatable bonds is 4. The molecule has 0 aliphatic carbocycles. The van der Waals surface area contributed by atoms with Crippen LogP contribution in [-0.2, 0) is 10.0 Å². The fourth-order valence-corrected chi connectivity index (χ4v) is 6.37. The molecular formula is C21H13I2NO3S. The summed E-state index contributed by atoms with van der Waals surface area (Å²) in [5.74, 6) is -0.315. The molecular weight excluding hydrogens is 600 g/mol. The molecule has 0 atom stereocenters. The van der Waals surface area contributed by atoms with Gasteiger partial charge in [-0.1, -0.05) is 48.5 Å². The van der Waals surface area contributed by atoms with Gasteiger partial charge in [0.05, 0.1) is 14.0 Å². The highest BCUT2D eigenvalue weighted by Crippen LogP contribution is 2.33. The lowest BCUT2D eigenvalue weighted by Gasteiger charge is -2.12. The van der Waals surface area contributed by atoms with Gasteiger partial charge in [0.1, 0.15) is 5.69 Å². The van der Waals surface area contributed by atoms with Gasteiger partial charge in [-0.05, 0) is 75.5 Å². The van der Waals surface area contributed by atoms with Gasteiger partial charge < -0.3 is 0 Å². The van der Waals surface area contributed by atoms with E-state index in [9.17, 15) is 13.2 Å². The number of ketones is 1. The standard InChI is InChI=1S/C21H13I2NO3S/c22-17-12-6-4-10-15(17)21(25)20-19(23)16-11-5-7-13-18(16)24(20)28(26,27)14-8-2-1-3-9-14/h1-13H. The normalized spacial score (nSPS) is 11.6. The molecule has 4 aromatic rings. The highest BCUT2D eigenvalue weighted by molar-refractivity contribution is 14.1. The van der Waals surface area contributed by atoms with E-state index in [0.29, 0.717) is 14.7 Å². The molecule has 4 rings (SSSR count). The summed E-state index contributed by atoms with van der Waals surface area (Å²) in [4.78, 5) is 13.6. The molecule has 7 heteroatoms. The number of carbonyl (C=O) groups is 1. The first-order valence-corrected chi connectivity index (χ1v) is 11.9. The first kappa shape index (κ1) is 19.6. The highest BCUT2D eigenvalue weighted by Gasteiger charge is 2.30. The van der Waals surface area contributed by atoms with Crippen LogP contribution in [0.4, 0.5) is 0 Å². The number of hydrogen-bond donors (Lipinski definition) is 0. The van der Waals surface area contributed by atoms with Crippen LogP contribution in [-0.4, -0.2) is 18.2 Å². The monoisotopic (exact) mass is 613 g/mol. The molecule has 0 aliphatic heterocycles. The van der Waals surface area contributed by atoms with Crippen LogP contribution in [0.25, 0.3) is 10.9 Å². The first-order chi connectivity index (χ1) is 13.4. The highest BCUT2D eigenvalue weighted by atomic mass is 127. The minimum absolute atomic E-state index is 0.143. The van der Waals surface area contributed by atoms with E-state index in [4.69, 9.17) is 0 Å². The van der Waals surface area contributed by atoms with Gasteiger partial charge in [-0.2, -0.15) is 0 Å². The quantitative estimate of drug-likeness (QED) is 0.232. The Balaban J connectivity index is 2.08. The second-order valence-corrected chi connectivity index (χ2v) is 10.1. The fraction of sp³-hybridized carbons (Fsp3) is 0. The number of hydrogen-bond acceptors (Lipinski definition) is 3. The third kappa shape index (κ3) is 3.18. The summed E-state index contributed by atoms with van der Waals surface area (Å²) >= 11 is 4.16. The summed E-state index contributed by atoms with van der Waals surface area (Å²) < 4.78 is 29.6. The number of halogens is 2. The van der Waals surface area contributed by atoms with Gasteiger partial charge in [0.15, 0.2) is 0 Å². The van der Waals surface area contributed by atoms with E-state index >= 15 is 0 Å². The van der Waals surface area contributed by atoms with E-state index in [1.165, 1.54) is 16.1 Å². The number of fused-ring (bicyclic) bond motifs is 1. The maximum atomic E-state index is 13.5. The molecule has 0 unspecified atom stereocenters. The maximum Gasteiger partial charge on any atom is 0.268 e. The van der Waals surface area contributed by atoms with Gasteiger partial charge in [0.2, 0.25) is 5.78 Å². The molecule has 0 spiro atoms.